The predicted molar refractivity (Wildman–Crippen MR) is 67.6 cm³/mol. The van der Waals surface area contributed by atoms with Gasteiger partial charge in [0, 0.05) is 12.4 Å². The zero-order chi connectivity index (χ0) is 11.5. The molecule has 0 bridgehead atoms. The van der Waals surface area contributed by atoms with Gasteiger partial charge in [0.1, 0.15) is 0 Å². The molecule has 0 radical (unpaired) electrons. The fraction of sp³-hybridized carbons (Fsp3) is 0.429. The number of hydrogen-bond donors (Lipinski definition) is 1. The first-order valence-corrected chi connectivity index (χ1v) is 6.39. The van der Waals surface area contributed by atoms with Crippen molar-refractivity contribution in [1.82, 2.24) is 15.2 Å². The zero-order valence-electron chi connectivity index (χ0n) is 9.89. The van der Waals surface area contributed by atoms with Crippen molar-refractivity contribution < 1.29 is 0 Å². The molecular formula is C14H17N3. The normalized spacial score (nSPS) is 17.2. The minimum absolute atomic E-state index is 0.730. The Morgan fingerprint density at radius 1 is 1.06 bits per heavy atom. The molecule has 2 heterocycles. The fourth-order valence-corrected chi connectivity index (χ4v) is 2.68. The molecule has 3 heteroatoms. The smallest absolute Gasteiger partial charge is 0.0883 e. The number of hydrogen-bond acceptors (Lipinski definition) is 2. The van der Waals surface area contributed by atoms with Gasteiger partial charge in [0.2, 0.25) is 0 Å². The SMILES string of the molecule is c1cc(-c2cc(C3CCCCC3)ccn2)[nH]n1. The summed E-state index contributed by atoms with van der Waals surface area (Å²) in [5.41, 5.74) is 3.44. The van der Waals surface area contributed by atoms with Crippen LogP contribution in [0, 0.1) is 0 Å². The van der Waals surface area contributed by atoms with Gasteiger partial charge in [-0.1, -0.05) is 19.3 Å². The molecule has 3 rings (SSSR count). The number of aromatic amines is 1. The molecule has 1 aliphatic rings. The molecule has 0 aromatic carbocycles. The van der Waals surface area contributed by atoms with Crippen LogP contribution in [-0.4, -0.2) is 15.2 Å². The Kier molecular flexibility index (Phi) is 2.90. The van der Waals surface area contributed by atoms with E-state index < -0.39 is 0 Å². The van der Waals surface area contributed by atoms with Crippen LogP contribution in [0.3, 0.4) is 0 Å². The number of nitrogens with one attached hydrogen (secondary N) is 1. The highest BCUT2D eigenvalue weighted by Crippen LogP contribution is 2.33. The van der Waals surface area contributed by atoms with E-state index in [1.165, 1.54) is 37.7 Å². The monoisotopic (exact) mass is 227 g/mol. The van der Waals surface area contributed by atoms with Crippen molar-refractivity contribution in [1.29, 1.82) is 0 Å². The molecule has 1 fully saturated rings. The van der Waals surface area contributed by atoms with E-state index in [1.807, 2.05) is 12.3 Å². The first-order chi connectivity index (χ1) is 8.43. The van der Waals surface area contributed by atoms with Gasteiger partial charge in [-0.25, -0.2) is 0 Å². The van der Waals surface area contributed by atoms with Gasteiger partial charge in [0.25, 0.3) is 0 Å². The lowest BCUT2D eigenvalue weighted by Crippen LogP contribution is -2.04. The molecule has 2 aromatic rings. The number of pyridine rings is 1. The number of H-pyrrole nitrogens is 1. The van der Waals surface area contributed by atoms with Crippen molar-refractivity contribution in [3.05, 3.63) is 36.2 Å². The van der Waals surface area contributed by atoms with Crippen molar-refractivity contribution in [2.75, 3.05) is 0 Å². The molecular weight excluding hydrogens is 210 g/mol. The molecule has 0 atom stereocenters. The van der Waals surface area contributed by atoms with Crippen LogP contribution in [0.1, 0.15) is 43.6 Å². The molecule has 0 unspecified atom stereocenters. The standard InChI is InChI=1S/C14H17N3/c1-2-4-11(5-3-1)12-6-8-15-14(10-12)13-7-9-16-17-13/h6-11H,1-5H2,(H,16,17). The van der Waals surface area contributed by atoms with Gasteiger partial charge < -0.3 is 0 Å². The number of nitrogens with zero attached hydrogens (tertiary/aromatic N) is 2. The third-order valence-corrected chi connectivity index (χ3v) is 3.64. The highest BCUT2D eigenvalue weighted by Gasteiger charge is 2.16. The lowest BCUT2D eigenvalue weighted by molar-refractivity contribution is 0.443. The molecule has 0 saturated heterocycles. The van der Waals surface area contributed by atoms with Crippen molar-refractivity contribution in [3.63, 3.8) is 0 Å². The van der Waals surface area contributed by atoms with E-state index in [-0.39, 0.29) is 0 Å². The van der Waals surface area contributed by atoms with Gasteiger partial charge in [-0.15, -0.1) is 0 Å². The van der Waals surface area contributed by atoms with E-state index >= 15 is 0 Å². The van der Waals surface area contributed by atoms with Gasteiger partial charge in [-0.2, -0.15) is 5.10 Å². The Morgan fingerprint density at radius 3 is 2.71 bits per heavy atom. The quantitative estimate of drug-likeness (QED) is 0.852. The second-order valence-electron chi connectivity index (χ2n) is 4.78. The van der Waals surface area contributed by atoms with Gasteiger partial charge >= 0.3 is 0 Å². The average molecular weight is 227 g/mol. The molecule has 1 aliphatic carbocycles. The minimum Gasteiger partial charge on any atom is -0.276 e. The van der Waals surface area contributed by atoms with Crippen LogP contribution in [0.15, 0.2) is 30.6 Å². The summed E-state index contributed by atoms with van der Waals surface area (Å²) in [7, 11) is 0. The molecule has 88 valence electrons. The maximum absolute atomic E-state index is 4.41. The summed E-state index contributed by atoms with van der Waals surface area (Å²) in [6, 6.07) is 6.34. The second kappa shape index (κ2) is 4.70. The van der Waals surface area contributed by atoms with E-state index in [4.69, 9.17) is 0 Å². The van der Waals surface area contributed by atoms with Crippen LogP contribution in [0.2, 0.25) is 0 Å². The highest BCUT2D eigenvalue weighted by atomic mass is 15.1. The van der Waals surface area contributed by atoms with Crippen LogP contribution in [0.4, 0.5) is 0 Å². The summed E-state index contributed by atoms with van der Waals surface area (Å²) in [6.07, 6.45) is 10.5. The molecule has 17 heavy (non-hydrogen) atoms. The van der Waals surface area contributed by atoms with Crippen molar-refractivity contribution >= 4 is 0 Å². The molecule has 0 aliphatic heterocycles. The highest BCUT2D eigenvalue weighted by molar-refractivity contribution is 5.54. The lowest BCUT2D eigenvalue weighted by atomic mass is 9.84. The summed E-state index contributed by atoms with van der Waals surface area (Å²) in [5.74, 6) is 0.730. The van der Waals surface area contributed by atoms with Gasteiger partial charge in [0.15, 0.2) is 0 Å². The van der Waals surface area contributed by atoms with Gasteiger partial charge in [-0.3, -0.25) is 10.1 Å². The zero-order valence-corrected chi connectivity index (χ0v) is 9.89. The van der Waals surface area contributed by atoms with Crippen LogP contribution in [-0.2, 0) is 0 Å². The van der Waals surface area contributed by atoms with Crippen molar-refractivity contribution in [2.45, 2.75) is 38.0 Å². The summed E-state index contributed by atoms with van der Waals surface area (Å²) in [4.78, 5) is 4.41. The third-order valence-electron chi connectivity index (χ3n) is 3.64. The first kappa shape index (κ1) is 10.5. The second-order valence-corrected chi connectivity index (χ2v) is 4.78. The number of rotatable bonds is 2. The minimum atomic E-state index is 0.730. The van der Waals surface area contributed by atoms with Crippen LogP contribution in [0.25, 0.3) is 11.4 Å². The van der Waals surface area contributed by atoms with E-state index in [0.29, 0.717) is 0 Å². The topological polar surface area (TPSA) is 41.6 Å². The average Bonchev–Trinajstić information content (AvgIpc) is 2.94. The Balaban J connectivity index is 1.88. The van der Waals surface area contributed by atoms with E-state index in [2.05, 4.69) is 27.3 Å². The molecule has 0 spiro atoms. The summed E-state index contributed by atoms with van der Waals surface area (Å²) in [6.45, 7) is 0. The maximum Gasteiger partial charge on any atom is 0.0883 e. The van der Waals surface area contributed by atoms with Crippen LogP contribution in [0.5, 0.6) is 0 Å². The molecule has 1 N–H and O–H groups in total. The van der Waals surface area contributed by atoms with E-state index in [1.54, 1.807) is 6.20 Å². The Labute approximate surface area is 101 Å². The van der Waals surface area contributed by atoms with Gasteiger partial charge in [0.05, 0.1) is 11.4 Å². The summed E-state index contributed by atoms with van der Waals surface area (Å²) < 4.78 is 0. The maximum atomic E-state index is 4.41. The number of aromatic nitrogens is 3. The Morgan fingerprint density at radius 2 is 1.94 bits per heavy atom. The largest absolute Gasteiger partial charge is 0.276 e. The van der Waals surface area contributed by atoms with Crippen molar-refractivity contribution in [2.24, 2.45) is 0 Å². The summed E-state index contributed by atoms with van der Waals surface area (Å²) >= 11 is 0. The summed E-state index contributed by atoms with van der Waals surface area (Å²) in [5, 5.41) is 6.95. The fourth-order valence-electron chi connectivity index (χ4n) is 2.68. The van der Waals surface area contributed by atoms with Crippen LogP contribution < -0.4 is 0 Å². The lowest BCUT2D eigenvalue weighted by Gasteiger charge is -2.22. The predicted octanol–water partition coefficient (Wildman–Crippen LogP) is 3.52. The van der Waals surface area contributed by atoms with Crippen molar-refractivity contribution in [3.8, 4) is 11.4 Å². The first-order valence-electron chi connectivity index (χ1n) is 6.39. The third kappa shape index (κ3) is 2.23. The molecule has 1 saturated carbocycles. The molecule has 3 nitrogen and oxygen atoms in total. The Hall–Kier alpha value is -1.64. The van der Waals surface area contributed by atoms with Gasteiger partial charge in [-0.05, 0) is 42.5 Å². The molecule has 0 amide bonds. The Bertz CT molecular complexity index is 470. The van der Waals surface area contributed by atoms with E-state index in [0.717, 1.165) is 17.3 Å². The van der Waals surface area contributed by atoms with E-state index in [9.17, 15) is 0 Å². The molecule has 2 aromatic heterocycles. The van der Waals surface area contributed by atoms with Crippen LogP contribution >= 0.6 is 0 Å².